The second kappa shape index (κ2) is 5.52. The third-order valence-electron chi connectivity index (χ3n) is 1.91. The highest BCUT2D eigenvalue weighted by atomic mass is 16.9. The van der Waals surface area contributed by atoms with Gasteiger partial charge < -0.3 is 37.4 Å². The van der Waals surface area contributed by atoms with Crippen molar-refractivity contribution in [3.8, 4) is 0 Å². The molecule has 2 heterocycles. The first-order chi connectivity index (χ1) is 7.63. The summed E-state index contributed by atoms with van der Waals surface area (Å²) in [7, 11) is -0.556. The van der Waals surface area contributed by atoms with E-state index in [0.717, 1.165) is 6.54 Å². The van der Waals surface area contributed by atoms with E-state index in [2.05, 4.69) is 0 Å². The van der Waals surface area contributed by atoms with Crippen LogP contribution in [0, 0.1) is 0 Å². The maximum atomic E-state index is 9.02. The molecule has 0 radical (unpaired) electrons. The van der Waals surface area contributed by atoms with Crippen molar-refractivity contribution < 1.29 is 32.5 Å². The average Bonchev–Trinajstić information content (AvgIpc) is 2.14. The molecule has 0 unspecified atom stereocenters. The van der Waals surface area contributed by atoms with Crippen LogP contribution >= 0.6 is 0 Å². The van der Waals surface area contributed by atoms with Gasteiger partial charge in [-0.2, -0.15) is 0 Å². The molecule has 8 nitrogen and oxygen atoms in total. The summed E-state index contributed by atoms with van der Waals surface area (Å²) >= 11 is 0. The molecule has 12 heteroatoms. The number of likely N-dealkylation sites (N-methyl/N-ethyl adjacent to an activating group) is 1. The van der Waals surface area contributed by atoms with Gasteiger partial charge in [-0.15, -0.1) is 0 Å². The van der Waals surface area contributed by atoms with E-state index in [0.29, 0.717) is 6.61 Å². The van der Waals surface area contributed by atoms with Crippen LogP contribution in [0.1, 0.15) is 0 Å². The van der Waals surface area contributed by atoms with E-state index in [1.165, 1.54) is 0 Å². The van der Waals surface area contributed by atoms with E-state index in [-0.39, 0.29) is 0 Å². The van der Waals surface area contributed by atoms with Crippen molar-refractivity contribution in [2.75, 3.05) is 27.2 Å². The van der Waals surface area contributed by atoms with Crippen molar-refractivity contribution in [3.63, 3.8) is 0 Å². The predicted octanol–water partition coefficient (Wildman–Crippen LogP) is -2.39. The Hall–Kier alpha value is -0.0603. The smallest absolute Gasteiger partial charge is 0.403 e. The monoisotopic (exact) mass is 229 g/mol. The maximum absolute atomic E-state index is 9.02. The standard InChI is InChI=1S/C4H11B4NO7/c1-9(2)3-4-11-6-14-7-12-5(10)13-8(15-6)16-7/h10H,3-4H2,1-2H3. The minimum Gasteiger partial charge on any atom is -0.403 e. The van der Waals surface area contributed by atoms with Crippen LogP contribution in [0.5, 0.6) is 0 Å². The molecule has 0 saturated carbocycles. The van der Waals surface area contributed by atoms with Gasteiger partial charge >= 0.3 is 29.3 Å². The van der Waals surface area contributed by atoms with E-state index in [1.54, 1.807) is 0 Å². The highest BCUT2D eigenvalue weighted by Crippen LogP contribution is 2.16. The average molecular weight is 228 g/mol. The van der Waals surface area contributed by atoms with Gasteiger partial charge in [-0.1, -0.05) is 0 Å². The summed E-state index contributed by atoms with van der Waals surface area (Å²) < 4.78 is 29.8. The fraction of sp³-hybridized carbons (Fsp3) is 1.00. The predicted molar refractivity (Wildman–Crippen MR) is 55.2 cm³/mol. The Morgan fingerprint density at radius 2 is 1.69 bits per heavy atom. The molecule has 86 valence electrons. The number of hydrogen-bond donors (Lipinski definition) is 1. The Balaban J connectivity index is 1.73. The van der Waals surface area contributed by atoms with E-state index in [4.69, 9.17) is 32.5 Å². The molecule has 2 rings (SSSR count). The summed E-state index contributed by atoms with van der Waals surface area (Å²) in [5, 5.41) is 9.02. The number of rotatable bonds is 4. The molecule has 0 amide bonds. The van der Waals surface area contributed by atoms with Gasteiger partial charge in [0, 0.05) is 13.2 Å². The van der Waals surface area contributed by atoms with Gasteiger partial charge in [-0.3, -0.25) is 0 Å². The molecule has 0 atom stereocenters. The fourth-order valence-electron chi connectivity index (χ4n) is 1.13. The maximum Gasteiger partial charge on any atom is 0.615 e. The molecule has 2 aliphatic rings. The lowest BCUT2D eigenvalue weighted by Crippen LogP contribution is -2.60. The van der Waals surface area contributed by atoms with Crippen molar-refractivity contribution in [2.24, 2.45) is 0 Å². The van der Waals surface area contributed by atoms with Crippen LogP contribution in [0.15, 0.2) is 0 Å². The molecule has 1 N–H and O–H groups in total. The molecular formula is C4H11B4NO7. The van der Waals surface area contributed by atoms with Crippen LogP contribution in [0.3, 0.4) is 0 Å². The zero-order valence-corrected chi connectivity index (χ0v) is 9.07. The minimum atomic E-state index is -1.41. The summed E-state index contributed by atoms with van der Waals surface area (Å²) in [4.78, 5) is 1.96. The Bertz CT molecular complexity index is 216. The van der Waals surface area contributed by atoms with Crippen molar-refractivity contribution in [3.05, 3.63) is 0 Å². The van der Waals surface area contributed by atoms with Crippen LogP contribution in [0.2, 0.25) is 0 Å². The molecule has 2 saturated heterocycles. The fourth-order valence-corrected chi connectivity index (χ4v) is 1.13. The summed E-state index contributed by atoms with van der Waals surface area (Å²) in [6.07, 6.45) is 0. The van der Waals surface area contributed by atoms with Crippen LogP contribution in [0.4, 0.5) is 0 Å². The lowest BCUT2D eigenvalue weighted by Gasteiger charge is -2.33. The van der Waals surface area contributed by atoms with Crippen molar-refractivity contribution in [1.82, 2.24) is 4.90 Å². The lowest BCUT2D eigenvalue weighted by atomic mass is 9.90. The Kier molecular flexibility index (Phi) is 4.27. The van der Waals surface area contributed by atoms with E-state index < -0.39 is 29.3 Å². The quantitative estimate of drug-likeness (QED) is 0.534. The van der Waals surface area contributed by atoms with Crippen molar-refractivity contribution >= 4 is 29.3 Å². The SMILES string of the molecule is CN(C)CCOB1OB2OB(O)OB(O1)O2. The first-order valence-corrected chi connectivity index (χ1v) is 4.85. The molecule has 2 fully saturated rings. The van der Waals surface area contributed by atoms with Gasteiger partial charge in [-0.05, 0) is 14.1 Å². The Morgan fingerprint density at radius 3 is 2.25 bits per heavy atom. The highest BCUT2D eigenvalue weighted by molar-refractivity contribution is 6.74. The van der Waals surface area contributed by atoms with Crippen LogP contribution in [-0.2, 0) is 27.5 Å². The zero-order valence-electron chi connectivity index (χ0n) is 9.07. The lowest BCUT2D eigenvalue weighted by molar-refractivity contribution is 0.0648. The molecule has 0 aliphatic carbocycles. The first-order valence-electron chi connectivity index (χ1n) is 4.85. The molecular weight excluding hydrogens is 217 g/mol. The van der Waals surface area contributed by atoms with E-state index in [9.17, 15) is 0 Å². The van der Waals surface area contributed by atoms with E-state index >= 15 is 0 Å². The second-order valence-corrected chi connectivity index (χ2v) is 3.53. The summed E-state index contributed by atoms with van der Waals surface area (Å²) in [6.45, 7) is 1.16. The Morgan fingerprint density at radius 1 is 1.06 bits per heavy atom. The molecule has 0 spiro atoms. The molecule has 0 aromatic heterocycles. The summed E-state index contributed by atoms with van der Waals surface area (Å²) in [5.41, 5.74) is 0. The zero-order chi connectivity index (χ0) is 11.5. The van der Waals surface area contributed by atoms with Gasteiger partial charge in [0.2, 0.25) is 0 Å². The van der Waals surface area contributed by atoms with Crippen molar-refractivity contribution in [1.29, 1.82) is 0 Å². The topological polar surface area (TPSA) is 78.9 Å². The molecule has 0 aromatic rings. The molecule has 2 aliphatic heterocycles. The second-order valence-electron chi connectivity index (χ2n) is 3.53. The first kappa shape index (κ1) is 12.4. The van der Waals surface area contributed by atoms with Crippen LogP contribution in [0.25, 0.3) is 0 Å². The number of fused-ring (bicyclic) bond motifs is 2. The third kappa shape index (κ3) is 3.47. The third-order valence-corrected chi connectivity index (χ3v) is 1.91. The largest absolute Gasteiger partial charge is 0.615 e. The number of nitrogens with zero attached hydrogens (tertiary/aromatic N) is 1. The number of hydrogen-bond acceptors (Lipinski definition) is 8. The van der Waals surface area contributed by atoms with Crippen molar-refractivity contribution in [2.45, 2.75) is 0 Å². The van der Waals surface area contributed by atoms with Gasteiger partial charge in [0.25, 0.3) is 0 Å². The van der Waals surface area contributed by atoms with Gasteiger partial charge in [-0.25, -0.2) is 0 Å². The Labute approximate surface area is 94.8 Å². The summed E-state index contributed by atoms with van der Waals surface area (Å²) in [5.74, 6) is 0. The van der Waals surface area contributed by atoms with Gasteiger partial charge in [0.05, 0.1) is 0 Å². The van der Waals surface area contributed by atoms with Gasteiger partial charge in [0.1, 0.15) is 0 Å². The highest BCUT2D eigenvalue weighted by Gasteiger charge is 2.53. The molecule has 2 bridgehead atoms. The minimum absolute atomic E-state index is 0.430. The normalized spacial score (nSPS) is 21.0. The molecule has 0 aromatic carbocycles. The summed E-state index contributed by atoms with van der Waals surface area (Å²) in [6, 6.07) is 0. The van der Waals surface area contributed by atoms with Crippen LogP contribution < -0.4 is 0 Å². The van der Waals surface area contributed by atoms with Gasteiger partial charge in [0.15, 0.2) is 0 Å². The van der Waals surface area contributed by atoms with Crippen LogP contribution in [-0.4, -0.2) is 66.5 Å². The van der Waals surface area contributed by atoms with E-state index in [1.807, 2.05) is 19.0 Å². The molecule has 16 heavy (non-hydrogen) atoms.